The Hall–Kier alpha value is -1.78. The summed E-state index contributed by atoms with van der Waals surface area (Å²) in [6, 6.07) is 8.60. The molecule has 1 aromatic carbocycles. The first-order valence-electron chi connectivity index (χ1n) is 5.04. The van der Waals surface area contributed by atoms with Crippen molar-refractivity contribution in [2.45, 2.75) is 6.61 Å². The molecule has 0 saturated carbocycles. The molecule has 2 rings (SSSR count). The van der Waals surface area contributed by atoms with E-state index >= 15 is 0 Å². The Morgan fingerprint density at radius 1 is 1.41 bits per heavy atom. The van der Waals surface area contributed by atoms with Crippen LogP contribution >= 0.6 is 11.6 Å². The number of benzene rings is 1. The van der Waals surface area contributed by atoms with Gasteiger partial charge in [-0.15, -0.1) is 0 Å². The minimum absolute atomic E-state index is 0.123. The van der Waals surface area contributed by atoms with E-state index in [-0.39, 0.29) is 12.5 Å². The first-order valence-corrected chi connectivity index (χ1v) is 5.42. The summed E-state index contributed by atoms with van der Waals surface area (Å²) in [7, 11) is 0. The molecule has 1 aromatic heterocycles. The molecule has 0 aliphatic rings. The van der Waals surface area contributed by atoms with Crippen molar-refractivity contribution in [3.63, 3.8) is 0 Å². The van der Waals surface area contributed by atoms with Gasteiger partial charge in [0.1, 0.15) is 5.69 Å². The van der Waals surface area contributed by atoms with E-state index in [1.165, 1.54) is 6.20 Å². The number of aromatic amines is 1. The summed E-state index contributed by atoms with van der Waals surface area (Å²) >= 11 is 5.71. The van der Waals surface area contributed by atoms with Crippen LogP contribution in [0, 0.1) is 0 Å². The van der Waals surface area contributed by atoms with Gasteiger partial charge in [0, 0.05) is 17.4 Å². The molecule has 0 saturated heterocycles. The zero-order chi connectivity index (χ0) is 12.3. The third kappa shape index (κ3) is 2.67. The maximum Gasteiger partial charge on any atom is 0.272 e. The number of nitrogens with one attached hydrogen (secondary N) is 2. The van der Waals surface area contributed by atoms with Gasteiger partial charge in [0.2, 0.25) is 0 Å². The lowest BCUT2D eigenvalue weighted by Crippen LogP contribution is -2.13. The van der Waals surface area contributed by atoms with E-state index in [1.807, 2.05) is 0 Å². The van der Waals surface area contributed by atoms with Gasteiger partial charge < -0.3 is 15.4 Å². The Morgan fingerprint density at radius 3 is 2.82 bits per heavy atom. The van der Waals surface area contributed by atoms with Gasteiger partial charge in [0.05, 0.1) is 11.6 Å². The summed E-state index contributed by atoms with van der Waals surface area (Å²) in [4.78, 5) is 14.6. The van der Waals surface area contributed by atoms with Crippen LogP contribution in [0.25, 0.3) is 0 Å². The van der Waals surface area contributed by atoms with E-state index in [1.54, 1.807) is 30.3 Å². The number of aliphatic hydroxyl groups is 1. The number of hydrogen-bond donors (Lipinski definition) is 3. The summed E-state index contributed by atoms with van der Waals surface area (Å²) in [5.41, 5.74) is 1.63. The molecule has 1 amide bonds. The second-order valence-electron chi connectivity index (χ2n) is 3.50. The maximum atomic E-state index is 11.8. The van der Waals surface area contributed by atoms with Gasteiger partial charge in [-0.25, -0.2) is 0 Å². The highest BCUT2D eigenvalue weighted by atomic mass is 35.5. The van der Waals surface area contributed by atoms with Gasteiger partial charge in [-0.05, 0) is 12.1 Å². The van der Waals surface area contributed by atoms with Gasteiger partial charge >= 0.3 is 0 Å². The second-order valence-corrected chi connectivity index (χ2v) is 3.94. The highest BCUT2D eigenvalue weighted by Gasteiger charge is 2.10. The van der Waals surface area contributed by atoms with Crippen LogP contribution < -0.4 is 5.32 Å². The monoisotopic (exact) mass is 250 g/mol. The molecule has 2 aromatic rings. The van der Waals surface area contributed by atoms with Crippen LogP contribution in [0.4, 0.5) is 5.69 Å². The van der Waals surface area contributed by atoms with Crippen LogP contribution in [-0.4, -0.2) is 16.0 Å². The zero-order valence-corrected chi connectivity index (χ0v) is 9.66. The summed E-state index contributed by atoms with van der Waals surface area (Å²) in [6.07, 6.45) is 1.54. The molecule has 5 heteroatoms. The Kier molecular flexibility index (Phi) is 3.46. The third-order valence-electron chi connectivity index (χ3n) is 2.33. The summed E-state index contributed by atoms with van der Waals surface area (Å²) < 4.78 is 0. The number of anilines is 1. The van der Waals surface area contributed by atoms with Crippen molar-refractivity contribution in [1.82, 2.24) is 4.98 Å². The Morgan fingerprint density at radius 2 is 2.18 bits per heavy atom. The molecule has 0 fully saturated rings. The van der Waals surface area contributed by atoms with Crippen molar-refractivity contribution in [3.8, 4) is 0 Å². The molecule has 88 valence electrons. The standard InChI is InChI=1S/C12H11ClN2O2/c13-9-5-11(14-6-9)12(17)15-10-4-2-1-3-8(10)7-16/h1-6,14,16H,7H2,(H,15,17). The van der Waals surface area contributed by atoms with E-state index in [0.29, 0.717) is 22.0 Å². The SMILES string of the molecule is O=C(Nc1ccccc1CO)c1cc(Cl)c[nH]1. The largest absolute Gasteiger partial charge is 0.392 e. The fourth-order valence-electron chi connectivity index (χ4n) is 1.47. The minimum atomic E-state index is -0.294. The maximum absolute atomic E-state index is 11.8. The highest BCUT2D eigenvalue weighted by Crippen LogP contribution is 2.16. The van der Waals surface area contributed by atoms with E-state index < -0.39 is 0 Å². The van der Waals surface area contributed by atoms with Gasteiger partial charge in [-0.2, -0.15) is 0 Å². The molecular formula is C12H11ClN2O2. The van der Waals surface area contributed by atoms with Crippen LogP contribution in [0.3, 0.4) is 0 Å². The van der Waals surface area contributed by atoms with E-state index in [4.69, 9.17) is 16.7 Å². The Balaban J connectivity index is 2.18. The molecule has 3 N–H and O–H groups in total. The van der Waals surface area contributed by atoms with Crippen LogP contribution in [0.5, 0.6) is 0 Å². The van der Waals surface area contributed by atoms with Crippen molar-refractivity contribution >= 4 is 23.2 Å². The average Bonchev–Trinajstić information content (AvgIpc) is 2.77. The average molecular weight is 251 g/mol. The molecule has 0 unspecified atom stereocenters. The molecule has 0 bridgehead atoms. The number of rotatable bonds is 3. The van der Waals surface area contributed by atoms with Crippen molar-refractivity contribution in [3.05, 3.63) is 52.8 Å². The number of aromatic nitrogens is 1. The van der Waals surface area contributed by atoms with Gasteiger partial charge in [-0.3, -0.25) is 4.79 Å². The molecule has 0 aliphatic heterocycles. The van der Waals surface area contributed by atoms with Crippen molar-refractivity contribution < 1.29 is 9.90 Å². The number of carbonyl (C=O) groups is 1. The third-order valence-corrected chi connectivity index (χ3v) is 2.55. The lowest BCUT2D eigenvalue weighted by Gasteiger charge is -2.07. The molecule has 0 radical (unpaired) electrons. The van der Waals surface area contributed by atoms with E-state index in [0.717, 1.165) is 0 Å². The molecule has 0 aliphatic carbocycles. The lowest BCUT2D eigenvalue weighted by molar-refractivity contribution is 0.102. The van der Waals surface area contributed by atoms with Gasteiger partial charge in [-0.1, -0.05) is 29.8 Å². The number of aliphatic hydroxyl groups excluding tert-OH is 1. The number of amides is 1. The highest BCUT2D eigenvalue weighted by molar-refractivity contribution is 6.31. The first kappa shape index (κ1) is 11.7. The number of hydrogen-bond acceptors (Lipinski definition) is 2. The minimum Gasteiger partial charge on any atom is -0.392 e. The summed E-state index contributed by atoms with van der Waals surface area (Å²) in [5.74, 6) is -0.294. The van der Waals surface area contributed by atoms with Crippen molar-refractivity contribution in [2.24, 2.45) is 0 Å². The number of H-pyrrole nitrogens is 1. The first-order chi connectivity index (χ1) is 8.20. The van der Waals surface area contributed by atoms with Crippen LogP contribution in [0.2, 0.25) is 5.02 Å². The van der Waals surface area contributed by atoms with Crippen LogP contribution in [0.15, 0.2) is 36.5 Å². The van der Waals surface area contributed by atoms with Crippen molar-refractivity contribution in [2.75, 3.05) is 5.32 Å². The molecule has 17 heavy (non-hydrogen) atoms. The predicted molar refractivity (Wildman–Crippen MR) is 66.1 cm³/mol. The molecule has 1 heterocycles. The predicted octanol–water partition coefficient (Wildman–Crippen LogP) is 2.41. The van der Waals surface area contributed by atoms with Gasteiger partial charge in [0.15, 0.2) is 0 Å². The zero-order valence-electron chi connectivity index (χ0n) is 8.90. The topological polar surface area (TPSA) is 65.1 Å². The van der Waals surface area contributed by atoms with E-state index in [9.17, 15) is 4.79 Å². The number of carbonyl (C=O) groups excluding carboxylic acids is 1. The van der Waals surface area contributed by atoms with Crippen LogP contribution in [-0.2, 0) is 6.61 Å². The quantitative estimate of drug-likeness (QED) is 0.783. The molecular weight excluding hydrogens is 240 g/mol. The fraction of sp³-hybridized carbons (Fsp3) is 0.0833. The van der Waals surface area contributed by atoms with Crippen molar-refractivity contribution in [1.29, 1.82) is 0 Å². The van der Waals surface area contributed by atoms with Gasteiger partial charge in [0.25, 0.3) is 5.91 Å². The fourth-order valence-corrected chi connectivity index (χ4v) is 1.63. The smallest absolute Gasteiger partial charge is 0.272 e. The molecule has 0 spiro atoms. The molecule has 0 atom stereocenters. The molecule has 4 nitrogen and oxygen atoms in total. The summed E-state index contributed by atoms with van der Waals surface area (Å²) in [5, 5.41) is 12.3. The normalized spacial score (nSPS) is 10.2. The Labute approximate surface area is 103 Å². The Bertz CT molecular complexity index is 537. The lowest BCUT2D eigenvalue weighted by atomic mass is 10.2. The summed E-state index contributed by atoms with van der Waals surface area (Å²) in [6.45, 7) is -0.123. The van der Waals surface area contributed by atoms with Crippen LogP contribution in [0.1, 0.15) is 16.1 Å². The number of para-hydroxylation sites is 1. The number of halogens is 1. The van der Waals surface area contributed by atoms with E-state index in [2.05, 4.69) is 10.3 Å². The second kappa shape index (κ2) is 5.03.